The number of nitro groups is 1. The first-order chi connectivity index (χ1) is 9.49. The minimum atomic E-state index is -0.501. The summed E-state index contributed by atoms with van der Waals surface area (Å²) in [5.41, 5.74) is 0.325. The van der Waals surface area contributed by atoms with Crippen molar-refractivity contribution < 1.29 is 14.8 Å². The lowest BCUT2D eigenvalue weighted by Crippen LogP contribution is -2.32. The molecule has 3 atom stereocenters. The first-order valence-electron chi connectivity index (χ1n) is 6.76. The van der Waals surface area contributed by atoms with Crippen molar-refractivity contribution in [1.82, 2.24) is 9.47 Å². The van der Waals surface area contributed by atoms with E-state index in [0.717, 1.165) is 12.8 Å². The molecule has 20 heavy (non-hydrogen) atoms. The SMILES string of the molecule is Cn1c(C(=O)N2CC3CCC(O)C3C2)ccc1[N+](=O)[O-]. The number of rotatable bonds is 2. The molecule has 1 amide bonds. The maximum atomic E-state index is 12.4. The summed E-state index contributed by atoms with van der Waals surface area (Å²) in [6.07, 6.45) is 1.44. The fraction of sp³-hybridized carbons (Fsp3) is 0.615. The van der Waals surface area contributed by atoms with Crippen LogP contribution in [-0.4, -0.2) is 44.6 Å². The van der Waals surface area contributed by atoms with Gasteiger partial charge in [-0.05, 0) is 29.7 Å². The predicted molar refractivity (Wildman–Crippen MR) is 70.2 cm³/mol. The molecule has 0 aromatic carbocycles. The number of aliphatic hydroxyl groups is 1. The topological polar surface area (TPSA) is 88.6 Å². The lowest BCUT2D eigenvalue weighted by atomic mass is 10.00. The molecule has 2 heterocycles. The van der Waals surface area contributed by atoms with Crippen LogP contribution < -0.4 is 0 Å². The smallest absolute Gasteiger partial charge is 0.323 e. The van der Waals surface area contributed by atoms with Crippen LogP contribution in [0.25, 0.3) is 0 Å². The predicted octanol–water partition coefficient (Wildman–Crippen LogP) is 0.776. The van der Waals surface area contributed by atoms with Crippen LogP contribution in [0.15, 0.2) is 12.1 Å². The summed E-state index contributed by atoms with van der Waals surface area (Å²) < 4.78 is 1.31. The van der Waals surface area contributed by atoms with Gasteiger partial charge in [0.15, 0.2) is 5.69 Å². The van der Waals surface area contributed by atoms with Crippen LogP contribution in [0.1, 0.15) is 23.3 Å². The Morgan fingerprint density at radius 1 is 1.40 bits per heavy atom. The van der Waals surface area contributed by atoms with Gasteiger partial charge in [-0.2, -0.15) is 0 Å². The Morgan fingerprint density at radius 3 is 2.75 bits per heavy atom. The van der Waals surface area contributed by atoms with E-state index >= 15 is 0 Å². The van der Waals surface area contributed by atoms with E-state index in [0.29, 0.717) is 24.7 Å². The summed E-state index contributed by atoms with van der Waals surface area (Å²) in [5, 5.41) is 20.7. The Balaban J connectivity index is 1.79. The normalized spacial score (nSPS) is 28.7. The molecular formula is C13H17N3O4. The summed E-state index contributed by atoms with van der Waals surface area (Å²) in [6, 6.07) is 2.84. The average molecular weight is 279 g/mol. The van der Waals surface area contributed by atoms with Gasteiger partial charge in [-0.25, -0.2) is 4.57 Å². The molecule has 3 unspecified atom stereocenters. The van der Waals surface area contributed by atoms with Crippen molar-refractivity contribution in [1.29, 1.82) is 0 Å². The Kier molecular flexibility index (Phi) is 3.01. The van der Waals surface area contributed by atoms with Gasteiger partial charge in [0.05, 0.1) is 13.2 Å². The molecule has 1 aliphatic carbocycles. The van der Waals surface area contributed by atoms with E-state index in [9.17, 15) is 20.0 Å². The number of nitrogens with zero attached hydrogens (tertiary/aromatic N) is 3. The number of amides is 1. The van der Waals surface area contributed by atoms with Crippen LogP contribution in [0.2, 0.25) is 0 Å². The van der Waals surface area contributed by atoms with Gasteiger partial charge >= 0.3 is 5.82 Å². The molecule has 1 aliphatic heterocycles. The molecule has 0 bridgehead atoms. The van der Waals surface area contributed by atoms with E-state index in [2.05, 4.69) is 0 Å². The number of fused-ring (bicyclic) bond motifs is 1. The van der Waals surface area contributed by atoms with E-state index < -0.39 is 4.92 Å². The van der Waals surface area contributed by atoms with Gasteiger partial charge in [-0.3, -0.25) is 4.79 Å². The lowest BCUT2D eigenvalue weighted by molar-refractivity contribution is -0.391. The number of aromatic nitrogens is 1. The maximum Gasteiger partial charge on any atom is 0.323 e. The Morgan fingerprint density at radius 2 is 2.15 bits per heavy atom. The van der Waals surface area contributed by atoms with Gasteiger partial charge in [0.1, 0.15) is 0 Å². The second kappa shape index (κ2) is 4.59. The highest BCUT2D eigenvalue weighted by molar-refractivity contribution is 5.93. The van der Waals surface area contributed by atoms with Crippen LogP contribution in [0, 0.1) is 22.0 Å². The van der Waals surface area contributed by atoms with Gasteiger partial charge in [0, 0.05) is 25.1 Å². The summed E-state index contributed by atoms with van der Waals surface area (Å²) in [4.78, 5) is 24.5. The highest BCUT2D eigenvalue weighted by atomic mass is 16.6. The molecule has 7 nitrogen and oxygen atoms in total. The molecule has 1 aromatic heterocycles. The van der Waals surface area contributed by atoms with E-state index in [1.807, 2.05) is 0 Å². The van der Waals surface area contributed by atoms with Crippen LogP contribution in [0.3, 0.4) is 0 Å². The standard InChI is InChI=1S/C13H17N3O4/c1-14-10(3-5-12(14)16(19)20)13(18)15-6-8-2-4-11(17)9(8)7-15/h3,5,8-9,11,17H,2,4,6-7H2,1H3. The molecule has 1 saturated heterocycles. The molecule has 0 spiro atoms. The zero-order chi connectivity index (χ0) is 14.4. The number of carbonyl (C=O) groups excluding carboxylic acids is 1. The molecule has 2 aliphatic rings. The second-order valence-corrected chi connectivity index (χ2v) is 5.67. The van der Waals surface area contributed by atoms with Gasteiger partial charge in [0.2, 0.25) is 0 Å². The summed E-state index contributed by atoms with van der Waals surface area (Å²) in [6.45, 7) is 1.18. The zero-order valence-electron chi connectivity index (χ0n) is 11.2. The molecule has 3 rings (SSSR count). The van der Waals surface area contributed by atoms with Crippen LogP contribution in [-0.2, 0) is 7.05 Å². The van der Waals surface area contributed by atoms with Crippen LogP contribution >= 0.6 is 0 Å². The van der Waals surface area contributed by atoms with Gasteiger partial charge in [-0.1, -0.05) is 0 Å². The Hall–Kier alpha value is -1.89. The first kappa shape index (κ1) is 13.1. The zero-order valence-corrected chi connectivity index (χ0v) is 11.2. The quantitative estimate of drug-likeness (QED) is 0.640. The molecular weight excluding hydrogens is 262 g/mol. The van der Waals surface area contributed by atoms with E-state index in [-0.39, 0.29) is 23.7 Å². The molecule has 1 aromatic rings. The lowest BCUT2D eigenvalue weighted by Gasteiger charge is -2.17. The Labute approximate surface area is 115 Å². The first-order valence-corrected chi connectivity index (χ1v) is 6.76. The Bertz CT molecular complexity index is 568. The number of likely N-dealkylation sites (tertiary alicyclic amines) is 1. The average Bonchev–Trinajstić information content (AvgIpc) is 3.05. The largest absolute Gasteiger partial charge is 0.393 e. The maximum absolute atomic E-state index is 12.4. The molecule has 2 fully saturated rings. The van der Waals surface area contributed by atoms with Crippen molar-refractivity contribution in [3.05, 3.63) is 27.9 Å². The summed E-state index contributed by atoms with van der Waals surface area (Å²) >= 11 is 0. The van der Waals surface area contributed by atoms with Crippen molar-refractivity contribution >= 4 is 11.7 Å². The van der Waals surface area contributed by atoms with Gasteiger partial charge < -0.3 is 20.1 Å². The van der Waals surface area contributed by atoms with Crippen LogP contribution in [0.5, 0.6) is 0 Å². The fourth-order valence-corrected chi connectivity index (χ4v) is 3.46. The van der Waals surface area contributed by atoms with Crippen molar-refractivity contribution in [2.45, 2.75) is 18.9 Å². The number of hydrogen-bond acceptors (Lipinski definition) is 4. The van der Waals surface area contributed by atoms with Crippen molar-refractivity contribution in [2.75, 3.05) is 13.1 Å². The summed E-state index contributed by atoms with van der Waals surface area (Å²) in [7, 11) is 1.52. The molecule has 1 saturated carbocycles. The molecule has 0 radical (unpaired) electrons. The van der Waals surface area contributed by atoms with Gasteiger partial charge in [0.25, 0.3) is 5.91 Å². The van der Waals surface area contributed by atoms with Crippen LogP contribution in [0.4, 0.5) is 5.82 Å². The number of carbonyl (C=O) groups is 1. The van der Waals surface area contributed by atoms with Crippen molar-refractivity contribution in [3.63, 3.8) is 0 Å². The third-order valence-corrected chi connectivity index (χ3v) is 4.61. The van der Waals surface area contributed by atoms with E-state index in [4.69, 9.17) is 0 Å². The second-order valence-electron chi connectivity index (χ2n) is 5.67. The third kappa shape index (κ3) is 1.89. The minimum Gasteiger partial charge on any atom is -0.393 e. The number of hydrogen-bond donors (Lipinski definition) is 1. The minimum absolute atomic E-state index is 0.0900. The highest BCUT2D eigenvalue weighted by Crippen LogP contribution is 2.38. The third-order valence-electron chi connectivity index (χ3n) is 4.61. The van der Waals surface area contributed by atoms with E-state index in [1.54, 1.807) is 4.90 Å². The van der Waals surface area contributed by atoms with Crippen molar-refractivity contribution in [2.24, 2.45) is 18.9 Å². The number of aliphatic hydroxyl groups excluding tert-OH is 1. The summed E-state index contributed by atoms with van der Waals surface area (Å²) in [5.74, 6) is 0.244. The van der Waals surface area contributed by atoms with E-state index in [1.165, 1.54) is 23.7 Å². The van der Waals surface area contributed by atoms with Gasteiger partial charge in [-0.15, -0.1) is 0 Å². The molecule has 108 valence electrons. The fourth-order valence-electron chi connectivity index (χ4n) is 3.46. The highest BCUT2D eigenvalue weighted by Gasteiger charge is 2.44. The van der Waals surface area contributed by atoms with Crippen molar-refractivity contribution in [3.8, 4) is 0 Å². The monoisotopic (exact) mass is 279 g/mol. The molecule has 1 N–H and O–H groups in total. The molecule has 7 heteroatoms.